The number of H-pyrrole nitrogens is 1. The van der Waals surface area contributed by atoms with Crippen LogP contribution in [0.4, 0.5) is 5.69 Å². The van der Waals surface area contributed by atoms with Crippen LogP contribution in [0, 0.1) is 6.92 Å². The van der Waals surface area contributed by atoms with Gasteiger partial charge in [0.25, 0.3) is 15.9 Å². The molecule has 3 aromatic rings. The number of aromatic amines is 1. The van der Waals surface area contributed by atoms with E-state index in [0.717, 1.165) is 18.4 Å². The van der Waals surface area contributed by atoms with Gasteiger partial charge >= 0.3 is 11.8 Å². The largest absolute Gasteiger partial charge is 0.411 e. The van der Waals surface area contributed by atoms with Gasteiger partial charge in [-0.3, -0.25) is 9.10 Å². The van der Waals surface area contributed by atoms with Crippen LogP contribution in [0.5, 0.6) is 0 Å². The van der Waals surface area contributed by atoms with Crippen LogP contribution in [0.15, 0.2) is 45.8 Å². The number of carbonyl (C=O) groups excluding carboxylic acids is 1. The maximum atomic E-state index is 13.2. The Kier molecular flexibility index (Phi) is 5.33. The fourth-order valence-electron chi connectivity index (χ4n) is 3.52. The molecule has 9 nitrogen and oxygen atoms in total. The van der Waals surface area contributed by atoms with Gasteiger partial charge in [-0.25, -0.2) is 8.42 Å². The molecule has 1 amide bonds. The number of rotatable bonds is 6. The van der Waals surface area contributed by atoms with E-state index < -0.39 is 10.0 Å². The molecule has 1 saturated heterocycles. The zero-order valence-corrected chi connectivity index (χ0v) is 17.6. The highest BCUT2D eigenvalue weighted by Gasteiger charge is 2.28. The van der Waals surface area contributed by atoms with Crippen LogP contribution in [0.3, 0.4) is 0 Å². The quantitative estimate of drug-likeness (QED) is 0.645. The highest BCUT2D eigenvalue weighted by Crippen LogP contribution is 2.27. The number of hydrogen-bond donors (Lipinski definition) is 1. The van der Waals surface area contributed by atoms with Crippen LogP contribution in [-0.2, 0) is 10.0 Å². The van der Waals surface area contributed by atoms with Crippen molar-refractivity contribution < 1.29 is 17.6 Å². The molecule has 0 spiro atoms. The standard InChI is InChI=1S/C20H23N5O4S/c1-3-25(15-8-6-7-14(2)11-15)30(27,28)16-12-17(21-13-16)18-22-23-19(29-18)20(26)24-9-4-5-10-24/h6-8,11-13,21H,3-5,9-10H2,1-2H3. The van der Waals surface area contributed by atoms with Gasteiger partial charge in [0, 0.05) is 25.8 Å². The minimum Gasteiger partial charge on any atom is -0.411 e. The zero-order valence-electron chi connectivity index (χ0n) is 16.8. The van der Waals surface area contributed by atoms with Crippen molar-refractivity contribution in [2.75, 3.05) is 23.9 Å². The first-order valence-corrected chi connectivity index (χ1v) is 11.2. The number of benzene rings is 1. The molecule has 0 bridgehead atoms. The number of likely N-dealkylation sites (tertiary alicyclic amines) is 1. The number of aromatic nitrogens is 3. The van der Waals surface area contributed by atoms with Gasteiger partial charge in [-0.2, -0.15) is 0 Å². The second-order valence-electron chi connectivity index (χ2n) is 7.17. The Hall–Kier alpha value is -3.14. The van der Waals surface area contributed by atoms with E-state index in [2.05, 4.69) is 15.2 Å². The predicted molar refractivity (Wildman–Crippen MR) is 111 cm³/mol. The minimum absolute atomic E-state index is 0.0672. The van der Waals surface area contributed by atoms with Gasteiger partial charge < -0.3 is 14.3 Å². The topological polar surface area (TPSA) is 112 Å². The second kappa shape index (κ2) is 7.94. The Morgan fingerprint density at radius 2 is 2.00 bits per heavy atom. The molecule has 0 saturated carbocycles. The van der Waals surface area contributed by atoms with E-state index in [1.54, 1.807) is 17.9 Å². The predicted octanol–water partition coefficient (Wildman–Crippen LogP) is 2.82. The summed E-state index contributed by atoms with van der Waals surface area (Å²) in [4.78, 5) is 17.0. The lowest BCUT2D eigenvalue weighted by Gasteiger charge is -2.22. The average Bonchev–Trinajstić information content (AvgIpc) is 3.49. The van der Waals surface area contributed by atoms with Gasteiger partial charge in [0.1, 0.15) is 10.6 Å². The summed E-state index contributed by atoms with van der Waals surface area (Å²) in [6.45, 7) is 5.32. The number of nitrogens with zero attached hydrogens (tertiary/aromatic N) is 4. The number of nitrogens with one attached hydrogen (secondary N) is 1. The van der Waals surface area contributed by atoms with Crippen molar-refractivity contribution in [3.8, 4) is 11.6 Å². The van der Waals surface area contributed by atoms with E-state index >= 15 is 0 Å². The summed E-state index contributed by atoms with van der Waals surface area (Å²) >= 11 is 0. The Morgan fingerprint density at radius 3 is 2.70 bits per heavy atom. The maximum Gasteiger partial charge on any atom is 0.311 e. The summed E-state index contributed by atoms with van der Waals surface area (Å²) in [6.07, 6.45) is 3.30. The van der Waals surface area contributed by atoms with Crippen molar-refractivity contribution >= 4 is 21.6 Å². The smallest absolute Gasteiger partial charge is 0.311 e. The SMILES string of the molecule is CCN(c1cccc(C)c1)S(=O)(=O)c1c[nH]c(-c2nnc(C(=O)N3CCCC3)o2)c1. The number of aryl methyl sites for hydroxylation is 1. The lowest BCUT2D eigenvalue weighted by Crippen LogP contribution is -2.30. The first kappa shape index (κ1) is 20.1. The third-order valence-electron chi connectivity index (χ3n) is 5.05. The Labute approximate surface area is 174 Å². The van der Waals surface area contributed by atoms with Crippen molar-refractivity contribution in [1.82, 2.24) is 20.1 Å². The molecule has 0 aliphatic carbocycles. The molecule has 158 valence electrons. The molecule has 1 N–H and O–H groups in total. The third-order valence-corrected chi connectivity index (χ3v) is 6.93. The molecular weight excluding hydrogens is 406 g/mol. The summed E-state index contributed by atoms with van der Waals surface area (Å²) in [5, 5.41) is 7.73. The Morgan fingerprint density at radius 1 is 1.23 bits per heavy atom. The van der Waals surface area contributed by atoms with Gasteiger partial charge in [0.15, 0.2) is 0 Å². The lowest BCUT2D eigenvalue weighted by molar-refractivity contribution is 0.0754. The number of carbonyl (C=O) groups is 1. The van der Waals surface area contributed by atoms with Crippen molar-refractivity contribution in [2.24, 2.45) is 0 Å². The fraction of sp³-hybridized carbons (Fsp3) is 0.350. The van der Waals surface area contributed by atoms with Gasteiger partial charge in [0.05, 0.1) is 5.69 Å². The summed E-state index contributed by atoms with van der Waals surface area (Å²) in [5.41, 5.74) is 1.90. The molecule has 30 heavy (non-hydrogen) atoms. The van der Waals surface area contributed by atoms with Gasteiger partial charge in [-0.1, -0.05) is 12.1 Å². The van der Waals surface area contributed by atoms with E-state index in [-0.39, 0.29) is 29.1 Å². The molecule has 1 aliphatic rings. The van der Waals surface area contributed by atoms with Crippen molar-refractivity contribution in [1.29, 1.82) is 0 Å². The number of anilines is 1. The number of sulfonamides is 1. The van der Waals surface area contributed by atoms with E-state index in [0.29, 0.717) is 24.5 Å². The fourth-order valence-corrected chi connectivity index (χ4v) is 4.98. The molecule has 4 rings (SSSR count). The molecule has 2 aromatic heterocycles. The van der Waals surface area contributed by atoms with E-state index in [9.17, 15) is 13.2 Å². The first-order valence-electron chi connectivity index (χ1n) is 9.81. The molecule has 10 heteroatoms. The van der Waals surface area contributed by atoms with Crippen LogP contribution in [-0.4, -0.2) is 54.0 Å². The van der Waals surface area contributed by atoms with Crippen LogP contribution < -0.4 is 4.31 Å². The molecule has 3 heterocycles. The van der Waals surface area contributed by atoms with Crippen molar-refractivity contribution in [2.45, 2.75) is 31.6 Å². The van der Waals surface area contributed by atoms with E-state index in [1.807, 2.05) is 25.1 Å². The maximum absolute atomic E-state index is 13.2. The normalized spacial score (nSPS) is 14.3. The number of hydrogen-bond acceptors (Lipinski definition) is 6. The lowest BCUT2D eigenvalue weighted by atomic mass is 10.2. The van der Waals surface area contributed by atoms with E-state index in [1.165, 1.54) is 16.6 Å². The molecule has 1 fully saturated rings. The van der Waals surface area contributed by atoms with Crippen molar-refractivity contribution in [3.63, 3.8) is 0 Å². The molecular formula is C20H23N5O4S. The van der Waals surface area contributed by atoms with Crippen molar-refractivity contribution in [3.05, 3.63) is 48.0 Å². The van der Waals surface area contributed by atoms with Gasteiger partial charge in [0.2, 0.25) is 0 Å². The summed E-state index contributed by atoms with van der Waals surface area (Å²) in [5.74, 6) is -0.333. The monoisotopic (exact) mass is 429 g/mol. The average molecular weight is 430 g/mol. The van der Waals surface area contributed by atoms with Crippen LogP contribution in [0.25, 0.3) is 11.6 Å². The highest BCUT2D eigenvalue weighted by molar-refractivity contribution is 7.92. The number of amides is 1. The minimum atomic E-state index is -3.79. The van der Waals surface area contributed by atoms with Gasteiger partial charge in [-0.15, -0.1) is 10.2 Å². The molecule has 0 unspecified atom stereocenters. The van der Waals surface area contributed by atoms with E-state index in [4.69, 9.17) is 4.42 Å². The molecule has 1 aliphatic heterocycles. The second-order valence-corrected chi connectivity index (χ2v) is 9.03. The Balaban J connectivity index is 1.59. The third kappa shape index (κ3) is 3.70. The zero-order chi connectivity index (χ0) is 21.3. The summed E-state index contributed by atoms with van der Waals surface area (Å²) in [7, 11) is -3.79. The first-order chi connectivity index (χ1) is 14.4. The Bertz CT molecular complexity index is 1160. The highest BCUT2D eigenvalue weighted by atomic mass is 32.2. The van der Waals surface area contributed by atoms with Crippen LogP contribution >= 0.6 is 0 Å². The van der Waals surface area contributed by atoms with Gasteiger partial charge in [-0.05, 0) is 50.5 Å². The molecule has 0 atom stereocenters. The van der Waals surface area contributed by atoms with Crippen LogP contribution in [0.2, 0.25) is 0 Å². The molecule has 0 radical (unpaired) electrons. The summed E-state index contributed by atoms with van der Waals surface area (Å²) in [6, 6.07) is 8.75. The molecule has 1 aromatic carbocycles. The summed E-state index contributed by atoms with van der Waals surface area (Å²) < 4.78 is 33.2. The van der Waals surface area contributed by atoms with Crippen LogP contribution in [0.1, 0.15) is 36.0 Å².